The molecule has 0 radical (unpaired) electrons. The number of aryl methyl sites for hydroxylation is 2. The molecule has 0 aliphatic heterocycles. The first-order valence-electron chi connectivity index (χ1n) is 9.66. The van der Waals surface area contributed by atoms with Crippen LogP contribution in [0.15, 0.2) is 53.3 Å². The minimum absolute atomic E-state index is 0.0773. The third kappa shape index (κ3) is 4.39. The Morgan fingerprint density at radius 3 is 2.10 bits per heavy atom. The Bertz CT molecular complexity index is 1080. The van der Waals surface area contributed by atoms with Crippen molar-refractivity contribution in [3.63, 3.8) is 0 Å². The van der Waals surface area contributed by atoms with Crippen molar-refractivity contribution in [1.29, 1.82) is 0 Å². The van der Waals surface area contributed by atoms with E-state index in [2.05, 4.69) is 0 Å². The first-order chi connectivity index (χ1) is 13.9. The predicted octanol–water partition coefficient (Wildman–Crippen LogP) is 2.96. The monoisotopic (exact) mass is 395 g/mol. The van der Waals surface area contributed by atoms with Crippen molar-refractivity contribution < 1.29 is 14.7 Å². The molecule has 3 aromatic rings. The van der Waals surface area contributed by atoms with Crippen molar-refractivity contribution in [2.24, 2.45) is 0 Å². The number of aromatic carboxylic acids is 1. The van der Waals surface area contributed by atoms with Gasteiger partial charge in [0, 0.05) is 33.1 Å². The normalized spacial score (nSPS) is 11.0. The molecule has 152 valence electrons. The molecule has 0 atom stereocenters. The lowest BCUT2D eigenvalue weighted by atomic mass is 10.1. The van der Waals surface area contributed by atoms with E-state index in [1.54, 1.807) is 33.2 Å². The summed E-state index contributed by atoms with van der Waals surface area (Å²) in [6.07, 6.45) is 1.07. The highest BCUT2D eigenvalue weighted by atomic mass is 16.4. The fourth-order valence-corrected chi connectivity index (χ4v) is 3.44. The summed E-state index contributed by atoms with van der Waals surface area (Å²) < 4.78 is 3.42. The molecule has 1 heterocycles. The molecule has 1 amide bonds. The smallest absolute Gasteiger partial charge is 0.335 e. The molecule has 0 saturated heterocycles. The Morgan fingerprint density at radius 2 is 1.55 bits per heavy atom. The van der Waals surface area contributed by atoms with Gasteiger partial charge in [0.25, 0.3) is 0 Å². The van der Waals surface area contributed by atoms with Crippen LogP contribution in [0.2, 0.25) is 0 Å². The van der Waals surface area contributed by atoms with Crippen molar-refractivity contribution in [2.75, 3.05) is 7.05 Å². The van der Waals surface area contributed by atoms with Crippen molar-refractivity contribution in [2.45, 2.75) is 39.4 Å². The van der Waals surface area contributed by atoms with Gasteiger partial charge in [-0.2, -0.15) is 0 Å². The molecule has 3 rings (SSSR count). The Balaban J connectivity index is 1.69. The average Bonchev–Trinajstić information content (AvgIpc) is 2.98. The van der Waals surface area contributed by atoms with Gasteiger partial charge in [-0.3, -0.25) is 13.9 Å². The average molecular weight is 395 g/mol. The van der Waals surface area contributed by atoms with Crippen LogP contribution in [0.4, 0.5) is 0 Å². The number of carbonyl (C=O) groups excluding carboxylic acids is 1. The van der Waals surface area contributed by atoms with Gasteiger partial charge in [-0.25, -0.2) is 9.59 Å². The van der Waals surface area contributed by atoms with Crippen LogP contribution in [0.5, 0.6) is 0 Å². The molecule has 0 unspecified atom stereocenters. The maximum atomic E-state index is 12.8. The summed E-state index contributed by atoms with van der Waals surface area (Å²) in [6.45, 7) is 3.37. The third-order valence-electron chi connectivity index (χ3n) is 4.97. The van der Waals surface area contributed by atoms with Crippen LogP contribution in [0.3, 0.4) is 0 Å². The highest BCUT2D eigenvalue weighted by Gasteiger charge is 2.15. The van der Waals surface area contributed by atoms with Gasteiger partial charge in [0.05, 0.1) is 16.6 Å². The van der Waals surface area contributed by atoms with Crippen molar-refractivity contribution >= 4 is 22.9 Å². The summed E-state index contributed by atoms with van der Waals surface area (Å²) in [6, 6.07) is 14.1. The van der Waals surface area contributed by atoms with E-state index in [0.717, 1.165) is 23.0 Å². The number of fused-ring (bicyclic) bond motifs is 1. The van der Waals surface area contributed by atoms with Crippen molar-refractivity contribution in [3.8, 4) is 0 Å². The molecule has 29 heavy (non-hydrogen) atoms. The number of hydrogen-bond acceptors (Lipinski definition) is 3. The first kappa shape index (κ1) is 20.4. The van der Waals surface area contributed by atoms with Gasteiger partial charge >= 0.3 is 11.7 Å². The number of nitrogens with zero attached hydrogens (tertiary/aromatic N) is 3. The number of carboxylic acids is 1. The van der Waals surface area contributed by atoms with Gasteiger partial charge in [-0.05, 0) is 36.2 Å². The van der Waals surface area contributed by atoms with Gasteiger partial charge in [-0.1, -0.05) is 31.2 Å². The van der Waals surface area contributed by atoms with E-state index < -0.39 is 5.97 Å². The number of rotatable bonds is 8. The van der Waals surface area contributed by atoms with Crippen molar-refractivity contribution in [3.05, 3.63) is 70.1 Å². The summed E-state index contributed by atoms with van der Waals surface area (Å²) in [7, 11) is 1.70. The predicted molar refractivity (Wildman–Crippen MR) is 111 cm³/mol. The van der Waals surface area contributed by atoms with Crippen LogP contribution in [0.1, 0.15) is 35.7 Å². The van der Waals surface area contributed by atoms with Gasteiger partial charge in [-0.15, -0.1) is 0 Å². The number of hydrogen-bond donors (Lipinski definition) is 1. The second kappa shape index (κ2) is 8.77. The standard InChI is InChI=1S/C22H25N3O4/c1-3-13-24-18-6-4-5-7-19(18)25(22(24)29)14-12-20(26)23(2)15-16-8-10-17(11-9-16)21(27)28/h4-11H,3,12-15H2,1-2H3,(H,27,28). The molecule has 1 aromatic heterocycles. The molecular formula is C22H25N3O4. The Morgan fingerprint density at radius 1 is 0.966 bits per heavy atom. The van der Waals surface area contributed by atoms with Crippen LogP contribution < -0.4 is 5.69 Å². The number of amides is 1. The van der Waals surface area contributed by atoms with E-state index in [9.17, 15) is 14.4 Å². The molecular weight excluding hydrogens is 370 g/mol. The fourth-order valence-electron chi connectivity index (χ4n) is 3.44. The van der Waals surface area contributed by atoms with Crippen LogP contribution in [-0.2, 0) is 24.4 Å². The Labute approximate surface area is 168 Å². The molecule has 7 nitrogen and oxygen atoms in total. The first-order valence-corrected chi connectivity index (χ1v) is 9.66. The SMILES string of the molecule is CCCn1c(=O)n(CCC(=O)N(C)Cc2ccc(C(=O)O)cc2)c2ccccc21. The topological polar surface area (TPSA) is 84.5 Å². The number of para-hydroxylation sites is 2. The number of carboxylic acid groups (broad SMARTS) is 1. The quantitative estimate of drug-likeness (QED) is 0.636. The number of carbonyl (C=O) groups is 2. The molecule has 0 fully saturated rings. The molecule has 0 saturated carbocycles. The number of aromatic nitrogens is 2. The van der Waals surface area contributed by atoms with Crippen LogP contribution in [0, 0.1) is 0 Å². The fraction of sp³-hybridized carbons (Fsp3) is 0.318. The zero-order chi connectivity index (χ0) is 21.0. The van der Waals surface area contributed by atoms with Crippen molar-refractivity contribution in [1.82, 2.24) is 14.0 Å². The molecule has 0 aliphatic carbocycles. The highest BCUT2D eigenvalue weighted by Crippen LogP contribution is 2.14. The summed E-state index contributed by atoms with van der Waals surface area (Å²) >= 11 is 0. The summed E-state index contributed by atoms with van der Waals surface area (Å²) in [5.74, 6) is -1.06. The van der Waals surface area contributed by atoms with E-state index >= 15 is 0 Å². The molecule has 7 heteroatoms. The van der Waals surface area contributed by atoms with E-state index in [0.29, 0.717) is 19.6 Å². The Hall–Kier alpha value is -3.35. The molecule has 0 bridgehead atoms. The largest absolute Gasteiger partial charge is 0.478 e. The third-order valence-corrected chi connectivity index (χ3v) is 4.97. The minimum atomic E-state index is -0.978. The minimum Gasteiger partial charge on any atom is -0.478 e. The van der Waals surface area contributed by atoms with E-state index in [1.807, 2.05) is 31.2 Å². The maximum Gasteiger partial charge on any atom is 0.335 e. The zero-order valence-corrected chi connectivity index (χ0v) is 16.7. The lowest BCUT2D eigenvalue weighted by molar-refractivity contribution is -0.130. The summed E-state index contributed by atoms with van der Waals surface area (Å²) in [4.78, 5) is 37.9. The second-order valence-electron chi connectivity index (χ2n) is 7.08. The number of imidazole rings is 1. The lowest BCUT2D eigenvalue weighted by Gasteiger charge is -2.17. The van der Waals surface area contributed by atoms with Gasteiger partial charge in [0.2, 0.25) is 5.91 Å². The molecule has 0 aliphatic rings. The van der Waals surface area contributed by atoms with E-state index in [-0.39, 0.29) is 23.6 Å². The summed E-state index contributed by atoms with van der Waals surface area (Å²) in [5, 5.41) is 8.96. The van der Waals surface area contributed by atoms with E-state index in [1.165, 1.54) is 12.1 Å². The van der Waals surface area contributed by atoms with Crippen LogP contribution in [0.25, 0.3) is 11.0 Å². The zero-order valence-electron chi connectivity index (χ0n) is 16.7. The van der Waals surface area contributed by atoms with Crippen LogP contribution >= 0.6 is 0 Å². The Kier molecular flexibility index (Phi) is 6.16. The number of benzene rings is 2. The van der Waals surface area contributed by atoms with Crippen LogP contribution in [-0.4, -0.2) is 38.1 Å². The van der Waals surface area contributed by atoms with Gasteiger partial charge < -0.3 is 10.0 Å². The highest BCUT2D eigenvalue weighted by molar-refractivity contribution is 5.87. The van der Waals surface area contributed by atoms with E-state index in [4.69, 9.17) is 5.11 Å². The second-order valence-corrected chi connectivity index (χ2v) is 7.08. The maximum absolute atomic E-state index is 12.8. The molecule has 0 spiro atoms. The molecule has 1 N–H and O–H groups in total. The molecule has 2 aromatic carbocycles. The van der Waals surface area contributed by atoms with Gasteiger partial charge in [0.15, 0.2) is 0 Å². The lowest BCUT2D eigenvalue weighted by Crippen LogP contribution is -2.30. The van der Waals surface area contributed by atoms with Gasteiger partial charge in [0.1, 0.15) is 0 Å². The summed E-state index contributed by atoms with van der Waals surface area (Å²) in [5.41, 5.74) is 2.70.